The quantitative estimate of drug-likeness (QED) is 0.328. The van der Waals surface area contributed by atoms with Crippen molar-refractivity contribution in [2.45, 2.75) is 36.9 Å². The van der Waals surface area contributed by atoms with Gasteiger partial charge in [0, 0.05) is 17.5 Å². The van der Waals surface area contributed by atoms with E-state index in [9.17, 15) is 18.4 Å². The maximum Gasteiger partial charge on any atom is 0.298 e. The van der Waals surface area contributed by atoms with Crippen LogP contribution >= 0.6 is 11.8 Å². The van der Waals surface area contributed by atoms with Crippen molar-refractivity contribution < 1.29 is 18.0 Å². The average molecular weight is 455 g/mol. The van der Waals surface area contributed by atoms with Crippen LogP contribution in [0.4, 0.5) is 14.5 Å². The van der Waals surface area contributed by atoms with Crippen LogP contribution in [0.15, 0.2) is 56.8 Å². The van der Waals surface area contributed by atoms with Gasteiger partial charge in [0.1, 0.15) is 22.7 Å². The van der Waals surface area contributed by atoms with Crippen molar-refractivity contribution in [3.05, 3.63) is 64.5 Å². The summed E-state index contributed by atoms with van der Waals surface area (Å²) in [7, 11) is 0. The SMILES string of the molecule is O=C(CSc1nc2c(oc3ccccc32)c(=O)n1C1CCCC1)Nc1cc(F)ccc1F. The van der Waals surface area contributed by atoms with Crippen LogP contribution in [0.25, 0.3) is 22.1 Å². The van der Waals surface area contributed by atoms with E-state index in [1.165, 1.54) is 0 Å². The number of fused-ring (bicyclic) bond motifs is 3. The van der Waals surface area contributed by atoms with E-state index in [1.54, 1.807) is 10.6 Å². The van der Waals surface area contributed by atoms with Gasteiger partial charge in [-0.3, -0.25) is 14.2 Å². The Morgan fingerprint density at radius 2 is 1.97 bits per heavy atom. The van der Waals surface area contributed by atoms with Gasteiger partial charge in [-0.25, -0.2) is 13.8 Å². The number of halogens is 2. The molecular formula is C23H19F2N3O3S. The number of hydrogen-bond donors (Lipinski definition) is 1. The highest BCUT2D eigenvalue weighted by Crippen LogP contribution is 2.34. The molecule has 0 atom stereocenters. The number of carbonyl (C=O) groups excluding carboxylic acids is 1. The Labute approximate surface area is 185 Å². The van der Waals surface area contributed by atoms with Gasteiger partial charge in [0.05, 0.1) is 11.4 Å². The normalized spacial score (nSPS) is 14.4. The molecule has 1 saturated carbocycles. The molecular weight excluding hydrogens is 436 g/mol. The van der Waals surface area contributed by atoms with Crippen molar-refractivity contribution in [3.8, 4) is 0 Å². The summed E-state index contributed by atoms with van der Waals surface area (Å²) in [6.45, 7) is 0. The number of rotatable bonds is 5. The Bertz CT molecular complexity index is 1390. The molecule has 5 rings (SSSR count). The summed E-state index contributed by atoms with van der Waals surface area (Å²) in [4.78, 5) is 30.5. The van der Waals surface area contributed by atoms with E-state index in [4.69, 9.17) is 9.40 Å². The van der Waals surface area contributed by atoms with Gasteiger partial charge in [-0.05, 0) is 37.1 Å². The molecule has 1 fully saturated rings. The lowest BCUT2D eigenvalue weighted by Gasteiger charge is -2.17. The molecule has 0 radical (unpaired) electrons. The van der Waals surface area contributed by atoms with Gasteiger partial charge >= 0.3 is 0 Å². The minimum Gasteiger partial charge on any atom is -0.448 e. The van der Waals surface area contributed by atoms with Crippen LogP contribution < -0.4 is 10.9 Å². The monoisotopic (exact) mass is 455 g/mol. The number of nitrogens with one attached hydrogen (secondary N) is 1. The van der Waals surface area contributed by atoms with Crippen molar-refractivity contribution in [1.29, 1.82) is 0 Å². The number of anilines is 1. The Kier molecular flexibility index (Phi) is 5.42. The fraction of sp³-hybridized carbons (Fsp3) is 0.261. The number of benzene rings is 2. The van der Waals surface area contributed by atoms with E-state index in [-0.39, 0.29) is 28.6 Å². The van der Waals surface area contributed by atoms with Gasteiger partial charge in [-0.1, -0.05) is 36.7 Å². The predicted octanol–water partition coefficient (Wildman–Crippen LogP) is 5.27. The first-order valence-corrected chi connectivity index (χ1v) is 11.3. The number of thioether (sulfide) groups is 1. The molecule has 164 valence electrons. The van der Waals surface area contributed by atoms with Gasteiger partial charge in [0.2, 0.25) is 11.5 Å². The van der Waals surface area contributed by atoms with E-state index in [1.807, 2.05) is 18.2 Å². The molecule has 1 N–H and O–H groups in total. The van der Waals surface area contributed by atoms with Crippen molar-refractivity contribution in [1.82, 2.24) is 9.55 Å². The summed E-state index contributed by atoms with van der Waals surface area (Å²) >= 11 is 1.09. The van der Waals surface area contributed by atoms with Crippen LogP contribution in [-0.4, -0.2) is 21.2 Å². The van der Waals surface area contributed by atoms with Crippen LogP contribution in [0.5, 0.6) is 0 Å². The Balaban J connectivity index is 1.49. The molecule has 0 aliphatic heterocycles. The molecule has 2 aromatic carbocycles. The number of aromatic nitrogens is 2. The number of nitrogens with zero attached hydrogens (tertiary/aromatic N) is 2. The first-order chi connectivity index (χ1) is 15.5. The largest absolute Gasteiger partial charge is 0.448 e. The van der Waals surface area contributed by atoms with E-state index in [0.717, 1.165) is 61.0 Å². The second-order valence-corrected chi connectivity index (χ2v) is 8.69. The lowest BCUT2D eigenvalue weighted by molar-refractivity contribution is -0.113. The highest BCUT2D eigenvalue weighted by Gasteiger charge is 2.25. The van der Waals surface area contributed by atoms with E-state index in [2.05, 4.69) is 5.32 Å². The van der Waals surface area contributed by atoms with Crippen molar-refractivity contribution in [3.63, 3.8) is 0 Å². The molecule has 32 heavy (non-hydrogen) atoms. The summed E-state index contributed by atoms with van der Waals surface area (Å²) < 4.78 is 34.7. The van der Waals surface area contributed by atoms with Crippen LogP contribution in [-0.2, 0) is 4.79 Å². The summed E-state index contributed by atoms with van der Waals surface area (Å²) in [6.07, 6.45) is 3.72. The molecule has 4 aromatic rings. The maximum absolute atomic E-state index is 13.8. The summed E-state index contributed by atoms with van der Waals surface area (Å²) in [5, 5.41) is 3.52. The third-order valence-corrected chi connectivity index (χ3v) is 6.57. The van der Waals surface area contributed by atoms with E-state index >= 15 is 0 Å². The lowest BCUT2D eigenvalue weighted by atomic mass is 10.2. The second kappa shape index (κ2) is 8.38. The van der Waals surface area contributed by atoms with Crippen LogP contribution in [0, 0.1) is 11.6 Å². The molecule has 2 aromatic heterocycles. The number of furan rings is 1. The fourth-order valence-electron chi connectivity index (χ4n) is 4.13. The second-order valence-electron chi connectivity index (χ2n) is 7.74. The van der Waals surface area contributed by atoms with Gasteiger partial charge in [-0.2, -0.15) is 0 Å². The Morgan fingerprint density at radius 1 is 1.19 bits per heavy atom. The number of amides is 1. The lowest BCUT2D eigenvalue weighted by Crippen LogP contribution is -2.26. The van der Waals surface area contributed by atoms with Gasteiger partial charge in [-0.15, -0.1) is 0 Å². The third-order valence-electron chi connectivity index (χ3n) is 5.62. The molecule has 9 heteroatoms. The summed E-state index contributed by atoms with van der Waals surface area (Å²) in [5.74, 6) is -2.01. The zero-order valence-electron chi connectivity index (χ0n) is 16.9. The Morgan fingerprint density at radius 3 is 2.78 bits per heavy atom. The minimum absolute atomic E-state index is 0.0150. The number of hydrogen-bond acceptors (Lipinski definition) is 5. The predicted molar refractivity (Wildman–Crippen MR) is 119 cm³/mol. The van der Waals surface area contributed by atoms with Gasteiger partial charge in [0.15, 0.2) is 5.16 Å². The molecule has 6 nitrogen and oxygen atoms in total. The van der Waals surface area contributed by atoms with Crippen molar-refractivity contribution in [2.75, 3.05) is 11.1 Å². The maximum atomic E-state index is 13.8. The zero-order valence-corrected chi connectivity index (χ0v) is 17.8. The molecule has 0 unspecified atom stereocenters. The first kappa shape index (κ1) is 20.7. The van der Waals surface area contributed by atoms with Crippen LogP contribution in [0.1, 0.15) is 31.7 Å². The van der Waals surface area contributed by atoms with Crippen molar-refractivity contribution >= 4 is 45.4 Å². The van der Waals surface area contributed by atoms with Crippen LogP contribution in [0.2, 0.25) is 0 Å². The van der Waals surface area contributed by atoms with Crippen LogP contribution in [0.3, 0.4) is 0 Å². The smallest absolute Gasteiger partial charge is 0.298 e. The van der Waals surface area contributed by atoms with Gasteiger partial charge < -0.3 is 9.73 Å². The third kappa shape index (κ3) is 3.77. The molecule has 1 aliphatic rings. The molecule has 1 aliphatic carbocycles. The summed E-state index contributed by atoms with van der Waals surface area (Å²) in [6, 6.07) is 10.1. The highest BCUT2D eigenvalue weighted by atomic mass is 32.2. The molecule has 1 amide bonds. The van der Waals surface area contributed by atoms with Gasteiger partial charge in [0.25, 0.3) is 5.56 Å². The first-order valence-electron chi connectivity index (χ1n) is 10.3. The number of para-hydroxylation sites is 1. The fourth-order valence-corrected chi connectivity index (χ4v) is 4.99. The molecule has 2 heterocycles. The molecule has 0 saturated heterocycles. The van der Waals surface area contributed by atoms with E-state index < -0.39 is 17.5 Å². The molecule has 0 bridgehead atoms. The zero-order chi connectivity index (χ0) is 22.2. The molecule has 0 spiro atoms. The minimum atomic E-state index is -0.725. The average Bonchev–Trinajstić information content (AvgIpc) is 3.43. The standard InChI is InChI=1S/C23H19F2N3O3S/c24-13-9-10-16(25)17(11-13)26-19(29)12-32-23-27-20-15-7-3-4-8-18(15)31-21(20)22(30)28(23)14-5-1-2-6-14/h3-4,7-11,14H,1-2,5-6,12H2,(H,26,29). The highest BCUT2D eigenvalue weighted by molar-refractivity contribution is 7.99. The number of carbonyl (C=O) groups is 1. The van der Waals surface area contributed by atoms with Crippen molar-refractivity contribution in [2.24, 2.45) is 0 Å². The Hall–Kier alpha value is -3.20. The van der Waals surface area contributed by atoms with E-state index in [0.29, 0.717) is 16.3 Å². The summed E-state index contributed by atoms with van der Waals surface area (Å²) in [5.41, 5.74) is 0.740. The topological polar surface area (TPSA) is 77.1 Å².